The summed E-state index contributed by atoms with van der Waals surface area (Å²) in [5.41, 5.74) is 9.36. The number of benzene rings is 1. The molecule has 0 saturated heterocycles. The fourth-order valence-corrected chi connectivity index (χ4v) is 2.08. The van der Waals surface area contributed by atoms with E-state index in [1.165, 1.54) is 11.1 Å². The van der Waals surface area contributed by atoms with Crippen LogP contribution in [0.5, 0.6) is 0 Å². The van der Waals surface area contributed by atoms with Gasteiger partial charge in [0.25, 0.3) is 0 Å². The number of nitrogens with zero attached hydrogens (tertiary/aromatic N) is 3. The highest BCUT2D eigenvalue weighted by atomic mass is 15.3. The summed E-state index contributed by atoms with van der Waals surface area (Å²) in [4.78, 5) is 0. The Morgan fingerprint density at radius 2 is 1.89 bits per heavy atom. The predicted octanol–water partition coefficient (Wildman–Crippen LogP) is 2.60. The minimum atomic E-state index is 0.301. The van der Waals surface area contributed by atoms with Crippen LogP contribution >= 0.6 is 0 Å². The van der Waals surface area contributed by atoms with E-state index in [1.807, 2.05) is 0 Å². The molecule has 0 fully saturated rings. The molecule has 2 N–H and O–H groups in total. The first-order valence-electron chi connectivity index (χ1n) is 6.26. The van der Waals surface area contributed by atoms with Gasteiger partial charge < -0.3 is 10.3 Å². The largest absolute Gasteiger partial charge is 0.324 e. The molecule has 0 aliphatic carbocycles. The van der Waals surface area contributed by atoms with Gasteiger partial charge in [0.15, 0.2) is 5.82 Å². The van der Waals surface area contributed by atoms with Gasteiger partial charge in [-0.15, -0.1) is 10.2 Å². The summed E-state index contributed by atoms with van der Waals surface area (Å²) in [6, 6.07) is 6.66. The summed E-state index contributed by atoms with van der Waals surface area (Å²) in [6.45, 7) is 8.87. The fraction of sp³-hybridized carbons (Fsp3) is 0.429. The van der Waals surface area contributed by atoms with E-state index < -0.39 is 0 Å². The van der Waals surface area contributed by atoms with E-state index in [9.17, 15) is 0 Å². The molecule has 1 heterocycles. The second-order valence-electron chi connectivity index (χ2n) is 4.91. The fourth-order valence-electron chi connectivity index (χ4n) is 2.08. The molecule has 4 heteroatoms. The van der Waals surface area contributed by atoms with Crippen molar-refractivity contribution in [1.29, 1.82) is 0 Å². The molecule has 0 unspecified atom stereocenters. The van der Waals surface area contributed by atoms with Crippen LogP contribution in [0.15, 0.2) is 18.2 Å². The van der Waals surface area contributed by atoms with Crippen molar-refractivity contribution in [2.45, 2.75) is 40.3 Å². The van der Waals surface area contributed by atoms with Crippen LogP contribution in [0.1, 0.15) is 36.8 Å². The first-order chi connectivity index (χ1) is 8.54. The molecule has 0 atom stereocenters. The standard InChI is InChI=1S/C14H20N4/c1-9(2)18-13(8-15)16-17-14(18)12-6-5-10(3)11(4)7-12/h5-7,9H,8,15H2,1-4H3. The smallest absolute Gasteiger partial charge is 0.164 e. The summed E-state index contributed by atoms with van der Waals surface area (Å²) in [5, 5.41) is 8.45. The maximum absolute atomic E-state index is 5.71. The number of hydrogen-bond acceptors (Lipinski definition) is 3. The SMILES string of the molecule is Cc1ccc(-c2nnc(CN)n2C(C)C)cc1C. The van der Waals surface area contributed by atoms with E-state index in [-0.39, 0.29) is 0 Å². The second kappa shape index (κ2) is 4.90. The molecular weight excluding hydrogens is 224 g/mol. The van der Waals surface area contributed by atoms with Crippen LogP contribution in [-0.2, 0) is 6.54 Å². The van der Waals surface area contributed by atoms with Gasteiger partial charge in [-0.3, -0.25) is 0 Å². The first-order valence-corrected chi connectivity index (χ1v) is 6.26. The zero-order valence-corrected chi connectivity index (χ0v) is 11.4. The van der Waals surface area contributed by atoms with Crippen molar-refractivity contribution in [1.82, 2.24) is 14.8 Å². The van der Waals surface area contributed by atoms with Crippen molar-refractivity contribution in [3.8, 4) is 11.4 Å². The van der Waals surface area contributed by atoms with Crippen LogP contribution in [-0.4, -0.2) is 14.8 Å². The van der Waals surface area contributed by atoms with E-state index in [1.54, 1.807) is 0 Å². The van der Waals surface area contributed by atoms with Gasteiger partial charge in [-0.1, -0.05) is 12.1 Å². The van der Waals surface area contributed by atoms with Crippen molar-refractivity contribution in [2.75, 3.05) is 0 Å². The molecule has 0 radical (unpaired) electrons. The lowest BCUT2D eigenvalue weighted by Gasteiger charge is -2.14. The monoisotopic (exact) mass is 244 g/mol. The van der Waals surface area contributed by atoms with E-state index in [0.717, 1.165) is 17.2 Å². The molecule has 0 aliphatic rings. The van der Waals surface area contributed by atoms with Gasteiger partial charge in [0.05, 0.1) is 6.54 Å². The van der Waals surface area contributed by atoms with Crippen LogP contribution in [0.25, 0.3) is 11.4 Å². The summed E-state index contributed by atoms with van der Waals surface area (Å²) < 4.78 is 2.10. The Balaban J connectivity index is 2.56. The average Bonchev–Trinajstić information content (AvgIpc) is 2.76. The third kappa shape index (κ3) is 2.16. The predicted molar refractivity (Wildman–Crippen MR) is 73.2 cm³/mol. The van der Waals surface area contributed by atoms with Crippen LogP contribution in [0.3, 0.4) is 0 Å². The van der Waals surface area contributed by atoms with Gasteiger partial charge in [0, 0.05) is 11.6 Å². The Labute approximate surface area is 108 Å². The van der Waals surface area contributed by atoms with Gasteiger partial charge in [0.2, 0.25) is 0 Å². The Morgan fingerprint density at radius 1 is 1.17 bits per heavy atom. The molecule has 0 spiro atoms. The Bertz CT molecular complexity index is 555. The van der Waals surface area contributed by atoms with Crippen LogP contribution in [0.2, 0.25) is 0 Å². The van der Waals surface area contributed by atoms with Crippen molar-refractivity contribution >= 4 is 0 Å². The zero-order chi connectivity index (χ0) is 13.3. The molecule has 0 aliphatic heterocycles. The maximum atomic E-state index is 5.71. The molecular formula is C14H20N4. The second-order valence-corrected chi connectivity index (χ2v) is 4.91. The summed E-state index contributed by atoms with van der Waals surface area (Å²) in [5.74, 6) is 1.73. The molecule has 0 bridgehead atoms. The molecule has 2 rings (SSSR count). The highest BCUT2D eigenvalue weighted by molar-refractivity contribution is 5.58. The summed E-state index contributed by atoms with van der Waals surface area (Å²) >= 11 is 0. The molecule has 0 amide bonds. The van der Waals surface area contributed by atoms with Crippen LogP contribution < -0.4 is 5.73 Å². The average molecular weight is 244 g/mol. The number of aryl methyl sites for hydroxylation is 2. The topological polar surface area (TPSA) is 56.7 Å². The third-order valence-electron chi connectivity index (χ3n) is 3.23. The maximum Gasteiger partial charge on any atom is 0.164 e. The van der Waals surface area contributed by atoms with E-state index in [0.29, 0.717) is 12.6 Å². The number of aromatic nitrogens is 3. The summed E-state index contributed by atoms with van der Waals surface area (Å²) in [7, 11) is 0. The van der Waals surface area contributed by atoms with Crippen LogP contribution in [0.4, 0.5) is 0 Å². The van der Waals surface area contributed by atoms with Gasteiger partial charge in [-0.2, -0.15) is 0 Å². The van der Waals surface area contributed by atoms with Gasteiger partial charge in [-0.25, -0.2) is 0 Å². The molecule has 18 heavy (non-hydrogen) atoms. The third-order valence-corrected chi connectivity index (χ3v) is 3.23. The zero-order valence-electron chi connectivity index (χ0n) is 11.4. The first kappa shape index (κ1) is 12.8. The summed E-state index contributed by atoms with van der Waals surface area (Å²) in [6.07, 6.45) is 0. The van der Waals surface area contributed by atoms with E-state index >= 15 is 0 Å². The van der Waals surface area contributed by atoms with E-state index in [2.05, 4.69) is 60.7 Å². The van der Waals surface area contributed by atoms with Crippen LogP contribution in [0, 0.1) is 13.8 Å². The highest BCUT2D eigenvalue weighted by Gasteiger charge is 2.15. The number of hydrogen-bond donors (Lipinski definition) is 1. The van der Waals surface area contributed by atoms with E-state index in [4.69, 9.17) is 5.73 Å². The minimum Gasteiger partial charge on any atom is -0.324 e. The van der Waals surface area contributed by atoms with Crippen molar-refractivity contribution in [3.05, 3.63) is 35.2 Å². The van der Waals surface area contributed by atoms with Gasteiger partial charge in [0.1, 0.15) is 5.82 Å². The van der Waals surface area contributed by atoms with Gasteiger partial charge in [-0.05, 0) is 44.9 Å². The number of rotatable bonds is 3. The van der Waals surface area contributed by atoms with Crippen molar-refractivity contribution in [2.24, 2.45) is 5.73 Å². The van der Waals surface area contributed by atoms with Crippen molar-refractivity contribution in [3.63, 3.8) is 0 Å². The Kier molecular flexibility index (Phi) is 3.48. The molecule has 1 aromatic heterocycles. The lowest BCUT2D eigenvalue weighted by atomic mass is 10.1. The number of nitrogens with two attached hydrogens (primary N) is 1. The molecule has 1 aromatic carbocycles. The minimum absolute atomic E-state index is 0.301. The lowest BCUT2D eigenvalue weighted by molar-refractivity contribution is 0.574. The quantitative estimate of drug-likeness (QED) is 0.903. The normalized spacial score (nSPS) is 11.2. The highest BCUT2D eigenvalue weighted by Crippen LogP contribution is 2.24. The molecule has 2 aromatic rings. The Hall–Kier alpha value is -1.68. The van der Waals surface area contributed by atoms with Gasteiger partial charge >= 0.3 is 0 Å². The Morgan fingerprint density at radius 3 is 2.44 bits per heavy atom. The lowest BCUT2D eigenvalue weighted by Crippen LogP contribution is -2.11. The molecule has 96 valence electrons. The molecule has 0 saturated carbocycles. The molecule has 4 nitrogen and oxygen atoms in total. The van der Waals surface area contributed by atoms with Crippen molar-refractivity contribution < 1.29 is 0 Å².